The Morgan fingerprint density at radius 2 is 2.24 bits per heavy atom. The topological polar surface area (TPSA) is 75.6 Å². The van der Waals surface area contributed by atoms with Crippen molar-refractivity contribution in [2.45, 2.75) is 46.7 Å². The Morgan fingerprint density at radius 3 is 2.81 bits per heavy atom. The molecule has 114 valence electrons. The highest BCUT2D eigenvalue weighted by molar-refractivity contribution is 5.95. The molecule has 0 spiro atoms. The van der Waals surface area contributed by atoms with Crippen molar-refractivity contribution in [1.29, 1.82) is 0 Å². The van der Waals surface area contributed by atoms with Crippen molar-refractivity contribution in [3.05, 3.63) is 36.2 Å². The van der Waals surface area contributed by atoms with E-state index < -0.39 is 0 Å². The summed E-state index contributed by atoms with van der Waals surface area (Å²) in [7, 11) is 0. The molecule has 0 bridgehead atoms. The number of H-pyrrole nitrogens is 1. The van der Waals surface area contributed by atoms with Crippen molar-refractivity contribution < 1.29 is 4.79 Å². The third-order valence-corrected chi connectivity index (χ3v) is 3.62. The number of aromatic nitrogens is 4. The minimum absolute atomic E-state index is 0.00111. The summed E-state index contributed by atoms with van der Waals surface area (Å²) in [6, 6.07) is -0.00111. The van der Waals surface area contributed by atoms with Gasteiger partial charge in [-0.05, 0) is 11.8 Å². The molecule has 1 atom stereocenters. The molecule has 6 heteroatoms. The van der Waals surface area contributed by atoms with Crippen LogP contribution in [0.2, 0.25) is 0 Å². The molecule has 0 saturated carbocycles. The van der Waals surface area contributed by atoms with Gasteiger partial charge in [0.1, 0.15) is 0 Å². The van der Waals surface area contributed by atoms with Gasteiger partial charge in [0.25, 0.3) is 5.91 Å². The molecule has 0 saturated heterocycles. The van der Waals surface area contributed by atoms with Gasteiger partial charge >= 0.3 is 0 Å². The van der Waals surface area contributed by atoms with E-state index in [1.54, 1.807) is 18.7 Å². The van der Waals surface area contributed by atoms with Gasteiger partial charge in [0.15, 0.2) is 0 Å². The van der Waals surface area contributed by atoms with Crippen LogP contribution in [0.25, 0.3) is 0 Å². The molecule has 6 nitrogen and oxygen atoms in total. The molecule has 0 aliphatic carbocycles. The first-order valence-corrected chi connectivity index (χ1v) is 7.20. The summed E-state index contributed by atoms with van der Waals surface area (Å²) in [4.78, 5) is 16.5. The third-order valence-electron chi connectivity index (χ3n) is 3.62. The van der Waals surface area contributed by atoms with E-state index in [0.29, 0.717) is 12.1 Å². The predicted molar refractivity (Wildman–Crippen MR) is 80.9 cm³/mol. The van der Waals surface area contributed by atoms with Crippen LogP contribution < -0.4 is 5.32 Å². The van der Waals surface area contributed by atoms with E-state index in [1.807, 2.05) is 17.7 Å². The Kier molecular flexibility index (Phi) is 4.45. The van der Waals surface area contributed by atoms with Crippen LogP contribution in [0.15, 0.2) is 24.9 Å². The summed E-state index contributed by atoms with van der Waals surface area (Å²) in [6.45, 7) is 9.03. The van der Waals surface area contributed by atoms with Crippen LogP contribution >= 0.6 is 0 Å². The van der Waals surface area contributed by atoms with E-state index >= 15 is 0 Å². The lowest BCUT2D eigenvalue weighted by atomic mass is 9.86. The standard InChI is InChI=1S/C15H23N5O/c1-5-12-11(8-17-19-12)14(21)18-13(15(2,3)4)9-20-7-6-16-10-20/h6-8,10,13H,5,9H2,1-4H3,(H,17,19)(H,18,21)/t13-/m0/s1. The average molecular weight is 289 g/mol. The van der Waals surface area contributed by atoms with Crippen LogP contribution in [-0.4, -0.2) is 31.7 Å². The number of amides is 1. The van der Waals surface area contributed by atoms with Crippen molar-refractivity contribution in [1.82, 2.24) is 25.1 Å². The zero-order valence-electron chi connectivity index (χ0n) is 13.1. The van der Waals surface area contributed by atoms with Crippen molar-refractivity contribution in [2.24, 2.45) is 5.41 Å². The third kappa shape index (κ3) is 3.71. The highest BCUT2D eigenvalue weighted by Crippen LogP contribution is 2.21. The maximum absolute atomic E-state index is 12.5. The summed E-state index contributed by atoms with van der Waals surface area (Å²) < 4.78 is 1.98. The van der Waals surface area contributed by atoms with Gasteiger partial charge in [0, 0.05) is 24.6 Å². The Balaban J connectivity index is 2.13. The summed E-state index contributed by atoms with van der Waals surface area (Å²) >= 11 is 0. The number of hydrogen-bond donors (Lipinski definition) is 2. The van der Waals surface area contributed by atoms with Crippen molar-refractivity contribution in [2.75, 3.05) is 0 Å². The molecule has 0 aliphatic rings. The van der Waals surface area contributed by atoms with Gasteiger partial charge in [-0.2, -0.15) is 5.10 Å². The molecule has 21 heavy (non-hydrogen) atoms. The van der Waals surface area contributed by atoms with Crippen LogP contribution in [0.1, 0.15) is 43.7 Å². The number of aromatic amines is 1. The van der Waals surface area contributed by atoms with Crippen molar-refractivity contribution in [3.8, 4) is 0 Å². The van der Waals surface area contributed by atoms with E-state index in [4.69, 9.17) is 0 Å². The molecule has 0 fully saturated rings. The highest BCUT2D eigenvalue weighted by Gasteiger charge is 2.27. The van der Waals surface area contributed by atoms with Crippen molar-refractivity contribution in [3.63, 3.8) is 0 Å². The lowest BCUT2D eigenvalue weighted by Gasteiger charge is -2.31. The van der Waals surface area contributed by atoms with Crippen LogP contribution in [-0.2, 0) is 13.0 Å². The summed E-state index contributed by atoms with van der Waals surface area (Å²) in [5, 5.41) is 9.95. The van der Waals surface area contributed by atoms with Gasteiger partial charge in [-0.3, -0.25) is 9.89 Å². The molecule has 2 rings (SSSR count). The monoisotopic (exact) mass is 289 g/mol. The highest BCUT2D eigenvalue weighted by atomic mass is 16.1. The molecular weight excluding hydrogens is 266 g/mol. The molecule has 0 unspecified atom stereocenters. The van der Waals surface area contributed by atoms with Crippen LogP contribution in [0, 0.1) is 5.41 Å². The van der Waals surface area contributed by atoms with E-state index in [1.165, 1.54) is 0 Å². The summed E-state index contributed by atoms with van der Waals surface area (Å²) in [5.41, 5.74) is 1.43. The molecule has 0 radical (unpaired) electrons. The number of carbonyl (C=O) groups is 1. The van der Waals surface area contributed by atoms with Crippen LogP contribution in [0.5, 0.6) is 0 Å². The fourth-order valence-corrected chi connectivity index (χ4v) is 2.16. The first-order chi connectivity index (χ1) is 9.91. The van der Waals surface area contributed by atoms with E-state index in [-0.39, 0.29) is 17.4 Å². The molecule has 1 amide bonds. The zero-order chi connectivity index (χ0) is 15.5. The first kappa shape index (κ1) is 15.3. The van der Waals surface area contributed by atoms with E-state index in [9.17, 15) is 4.79 Å². The largest absolute Gasteiger partial charge is 0.347 e. The number of aryl methyl sites for hydroxylation is 1. The maximum atomic E-state index is 12.5. The van der Waals surface area contributed by atoms with Crippen LogP contribution in [0.3, 0.4) is 0 Å². The minimum atomic E-state index is -0.0827. The second-order valence-electron chi connectivity index (χ2n) is 6.27. The fourth-order valence-electron chi connectivity index (χ4n) is 2.16. The molecule has 2 aromatic rings. The minimum Gasteiger partial charge on any atom is -0.347 e. The number of hydrogen-bond acceptors (Lipinski definition) is 3. The number of imidazole rings is 1. The van der Waals surface area contributed by atoms with Gasteiger partial charge < -0.3 is 9.88 Å². The molecule has 2 aromatic heterocycles. The smallest absolute Gasteiger partial charge is 0.255 e. The van der Waals surface area contributed by atoms with Crippen molar-refractivity contribution >= 4 is 5.91 Å². The second-order valence-corrected chi connectivity index (χ2v) is 6.27. The lowest BCUT2D eigenvalue weighted by molar-refractivity contribution is 0.0891. The van der Waals surface area contributed by atoms with Gasteiger partial charge in [-0.15, -0.1) is 0 Å². The molecule has 2 heterocycles. The van der Waals surface area contributed by atoms with Gasteiger partial charge in [-0.25, -0.2) is 4.98 Å². The number of rotatable bonds is 5. The predicted octanol–water partition coefficient (Wildman–Crippen LogP) is 2.01. The Hall–Kier alpha value is -2.11. The normalized spacial score (nSPS) is 13.1. The zero-order valence-corrected chi connectivity index (χ0v) is 13.1. The number of carbonyl (C=O) groups excluding carboxylic acids is 1. The SMILES string of the molecule is CCc1[nH]ncc1C(=O)N[C@@H](Cn1ccnc1)C(C)(C)C. The molecule has 0 aromatic carbocycles. The van der Waals surface area contributed by atoms with Gasteiger partial charge in [-0.1, -0.05) is 27.7 Å². The Bertz CT molecular complexity index is 579. The summed E-state index contributed by atoms with van der Waals surface area (Å²) in [5.74, 6) is -0.0827. The number of nitrogens with one attached hydrogen (secondary N) is 2. The molecule has 0 aliphatic heterocycles. The quantitative estimate of drug-likeness (QED) is 0.884. The Labute approximate surface area is 125 Å². The van der Waals surface area contributed by atoms with E-state index in [0.717, 1.165) is 12.1 Å². The molecule has 2 N–H and O–H groups in total. The van der Waals surface area contributed by atoms with Gasteiger partial charge in [0.2, 0.25) is 0 Å². The number of nitrogens with zero attached hydrogens (tertiary/aromatic N) is 3. The summed E-state index contributed by atoms with van der Waals surface area (Å²) in [6.07, 6.45) is 7.75. The maximum Gasteiger partial charge on any atom is 0.255 e. The lowest BCUT2D eigenvalue weighted by Crippen LogP contribution is -2.46. The average Bonchev–Trinajstić information content (AvgIpc) is 3.07. The van der Waals surface area contributed by atoms with Crippen LogP contribution in [0.4, 0.5) is 0 Å². The second kappa shape index (κ2) is 6.11. The fraction of sp³-hybridized carbons (Fsp3) is 0.533. The van der Waals surface area contributed by atoms with E-state index in [2.05, 4.69) is 41.3 Å². The Morgan fingerprint density at radius 1 is 1.48 bits per heavy atom. The first-order valence-electron chi connectivity index (χ1n) is 7.20. The van der Waals surface area contributed by atoms with Gasteiger partial charge in [0.05, 0.1) is 24.1 Å². The molecular formula is C15H23N5O.